The third-order valence-corrected chi connectivity index (χ3v) is 3.50. The molecule has 7 nitrogen and oxygen atoms in total. The van der Waals surface area contributed by atoms with Crippen LogP contribution in [0.4, 0.5) is 10.3 Å². The van der Waals surface area contributed by atoms with E-state index >= 15 is 0 Å². The second-order valence-corrected chi connectivity index (χ2v) is 6.57. The molecule has 0 bridgehead atoms. The lowest BCUT2D eigenvalue weighted by Gasteiger charge is -2.29. The van der Waals surface area contributed by atoms with Crippen LogP contribution in [0.15, 0.2) is 35.5 Å². The third kappa shape index (κ3) is 2.99. The van der Waals surface area contributed by atoms with Gasteiger partial charge in [-0.25, -0.2) is 9.18 Å². The maximum Gasteiger partial charge on any atom is 0.338 e. The summed E-state index contributed by atoms with van der Waals surface area (Å²) in [7, 11) is 0. The van der Waals surface area contributed by atoms with E-state index in [1.54, 1.807) is 39.8 Å². The number of carbonyl (C=O) groups excluding carboxylic acids is 1. The Bertz CT molecular complexity index is 822. The van der Waals surface area contributed by atoms with Crippen molar-refractivity contribution in [1.82, 2.24) is 20.2 Å². The van der Waals surface area contributed by atoms with E-state index in [1.165, 1.54) is 16.8 Å². The summed E-state index contributed by atoms with van der Waals surface area (Å²) in [6.07, 6.45) is 0. The Morgan fingerprint density at radius 2 is 2.12 bits per heavy atom. The van der Waals surface area contributed by atoms with Gasteiger partial charge in [0, 0.05) is 5.70 Å². The molecule has 0 saturated carbocycles. The number of aromatic nitrogens is 4. The minimum absolute atomic E-state index is 0.343. The van der Waals surface area contributed by atoms with Crippen molar-refractivity contribution < 1.29 is 13.9 Å². The van der Waals surface area contributed by atoms with Crippen LogP contribution in [0.5, 0.6) is 0 Å². The molecule has 1 aromatic heterocycles. The Labute approximate surface area is 138 Å². The number of rotatable bonds is 2. The zero-order valence-electron chi connectivity index (χ0n) is 13.9. The average Bonchev–Trinajstić information content (AvgIpc) is 2.91. The van der Waals surface area contributed by atoms with Gasteiger partial charge in [0.15, 0.2) is 0 Å². The SMILES string of the molecule is CC1=C(C(=O)OC(C)(C)C)[C@H](c2cccc(F)c2)n2nnnc2N1. The van der Waals surface area contributed by atoms with Crippen LogP contribution >= 0.6 is 0 Å². The maximum absolute atomic E-state index is 13.7. The summed E-state index contributed by atoms with van der Waals surface area (Å²) in [6, 6.07) is 5.34. The number of allylic oxidation sites excluding steroid dienone is 1. The number of nitrogens with zero attached hydrogens (tertiary/aromatic N) is 4. The normalized spacial score (nSPS) is 17.3. The average molecular weight is 331 g/mol. The van der Waals surface area contributed by atoms with Gasteiger partial charge in [-0.05, 0) is 55.8 Å². The summed E-state index contributed by atoms with van der Waals surface area (Å²) >= 11 is 0. The van der Waals surface area contributed by atoms with Crippen LogP contribution in [0.25, 0.3) is 0 Å². The van der Waals surface area contributed by atoms with Crippen LogP contribution in [0.3, 0.4) is 0 Å². The molecule has 0 saturated heterocycles. The van der Waals surface area contributed by atoms with Crippen molar-refractivity contribution in [3.8, 4) is 0 Å². The van der Waals surface area contributed by atoms with Crippen LogP contribution in [-0.2, 0) is 9.53 Å². The Morgan fingerprint density at radius 1 is 1.38 bits per heavy atom. The quantitative estimate of drug-likeness (QED) is 0.851. The molecule has 0 fully saturated rings. The fourth-order valence-corrected chi connectivity index (χ4v) is 2.59. The first kappa shape index (κ1) is 16.1. The summed E-state index contributed by atoms with van der Waals surface area (Å²) < 4.78 is 20.7. The van der Waals surface area contributed by atoms with Crippen molar-refractivity contribution in [1.29, 1.82) is 0 Å². The number of benzene rings is 1. The molecule has 1 atom stereocenters. The summed E-state index contributed by atoms with van der Waals surface area (Å²) in [5.74, 6) is -0.515. The Hall–Kier alpha value is -2.77. The molecular formula is C16H18FN5O2. The van der Waals surface area contributed by atoms with Gasteiger partial charge in [-0.15, -0.1) is 0 Å². The van der Waals surface area contributed by atoms with Gasteiger partial charge in [-0.3, -0.25) is 0 Å². The number of carbonyl (C=O) groups is 1. The molecule has 0 aliphatic carbocycles. The predicted octanol–water partition coefficient (Wildman–Crippen LogP) is 2.44. The van der Waals surface area contributed by atoms with Crippen LogP contribution in [0.1, 0.15) is 39.3 Å². The first-order valence-corrected chi connectivity index (χ1v) is 7.51. The van der Waals surface area contributed by atoms with Crippen LogP contribution in [0.2, 0.25) is 0 Å². The van der Waals surface area contributed by atoms with E-state index in [-0.39, 0.29) is 0 Å². The fourth-order valence-electron chi connectivity index (χ4n) is 2.59. The minimum Gasteiger partial charge on any atom is -0.456 e. The molecule has 1 aliphatic rings. The molecule has 3 rings (SSSR count). The number of tetrazole rings is 1. The molecule has 126 valence electrons. The van der Waals surface area contributed by atoms with Crippen molar-refractivity contribution >= 4 is 11.9 Å². The smallest absolute Gasteiger partial charge is 0.338 e. The van der Waals surface area contributed by atoms with E-state index in [1.807, 2.05) is 0 Å². The lowest BCUT2D eigenvalue weighted by molar-refractivity contribution is -0.150. The first-order valence-electron chi connectivity index (χ1n) is 7.51. The maximum atomic E-state index is 13.7. The molecule has 24 heavy (non-hydrogen) atoms. The second-order valence-electron chi connectivity index (χ2n) is 6.57. The standard InChI is InChI=1S/C16H18FN5O2/c1-9-12(14(23)24-16(2,3)4)13(10-6-5-7-11(17)8-10)22-15(18-9)19-20-21-22/h5-8,13H,1-4H3,(H,18,19,21)/t13-/m0/s1. The van der Waals surface area contributed by atoms with E-state index in [0.717, 1.165) is 0 Å². The lowest BCUT2D eigenvalue weighted by atomic mass is 9.95. The van der Waals surface area contributed by atoms with Gasteiger partial charge in [0.1, 0.15) is 17.5 Å². The topological polar surface area (TPSA) is 81.9 Å². The summed E-state index contributed by atoms with van der Waals surface area (Å²) in [4.78, 5) is 12.7. The zero-order chi connectivity index (χ0) is 17.5. The van der Waals surface area contributed by atoms with Crippen molar-refractivity contribution in [3.05, 3.63) is 46.9 Å². The largest absolute Gasteiger partial charge is 0.456 e. The molecule has 0 unspecified atom stereocenters. The minimum atomic E-state index is -0.665. The van der Waals surface area contributed by atoms with Crippen molar-refractivity contribution in [2.45, 2.75) is 39.3 Å². The fraction of sp³-hybridized carbons (Fsp3) is 0.375. The number of hydrogen-bond acceptors (Lipinski definition) is 6. The van der Waals surface area contributed by atoms with Crippen molar-refractivity contribution in [2.24, 2.45) is 0 Å². The highest BCUT2D eigenvalue weighted by atomic mass is 19.1. The van der Waals surface area contributed by atoms with Gasteiger partial charge >= 0.3 is 5.97 Å². The molecule has 2 aromatic rings. The van der Waals surface area contributed by atoms with Gasteiger partial charge in [0.2, 0.25) is 5.95 Å². The third-order valence-electron chi connectivity index (χ3n) is 3.50. The Kier molecular flexibility index (Phi) is 3.82. The second kappa shape index (κ2) is 5.70. The van der Waals surface area contributed by atoms with E-state index in [2.05, 4.69) is 20.8 Å². The highest BCUT2D eigenvalue weighted by Gasteiger charge is 2.36. The highest BCUT2D eigenvalue weighted by molar-refractivity contribution is 5.92. The highest BCUT2D eigenvalue weighted by Crippen LogP contribution is 2.35. The lowest BCUT2D eigenvalue weighted by Crippen LogP contribution is -2.33. The van der Waals surface area contributed by atoms with E-state index < -0.39 is 23.4 Å². The zero-order valence-corrected chi connectivity index (χ0v) is 13.9. The van der Waals surface area contributed by atoms with Gasteiger partial charge < -0.3 is 10.1 Å². The first-order chi connectivity index (χ1) is 11.3. The van der Waals surface area contributed by atoms with Crippen LogP contribution in [0, 0.1) is 5.82 Å². The number of nitrogens with one attached hydrogen (secondary N) is 1. The number of halogens is 1. The Balaban J connectivity index is 2.12. The molecule has 1 aromatic carbocycles. The molecule has 0 radical (unpaired) electrons. The van der Waals surface area contributed by atoms with Crippen molar-refractivity contribution in [2.75, 3.05) is 5.32 Å². The molecule has 0 spiro atoms. The van der Waals surface area contributed by atoms with Gasteiger partial charge in [-0.2, -0.15) is 4.68 Å². The number of fused-ring (bicyclic) bond motifs is 1. The molecule has 2 heterocycles. The number of ether oxygens (including phenoxy) is 1. The number of anilines is 1. The summed E-state index contributed by atoms with van der Waals surface area (Å²) in [5.41, 5.74) is 0.818. The van der Waals surface area contributed by atoms with Crippen molar-refractivity contribution in [3.63, 3.8) is 0 Å². The number of hydrogen-bond donors (Lipinski definition) is 1. The van der Waals surface area contributed by atoms with Gasteiger partial charge in [-0.1, -0.05) is 17.2 Å². The van der Waals surface area contributed by atoms with E-state index in [9.17, 15) is 9.18 Å². The summed E-state index contributed by atoms with van der Waals surface area (Å²) in [5, 5.41) is 14.4. The Morgan fingerprint density at radius 3 is 2.79 bits per heavy atom. The van der Waals surface area contributed by atoms with E-state index in [0.29, 0.717) is 22.8 Å². The van der Waals surface area contributed by atoms with Crippen LogP contribution in [-0.4, -0.2) is 31.8 Å². The number of esters is 1. The molecule has 8 heteroatoms. The molecular weight excluding hydrogens is 313 g/mol. The van der Waals surface area contributed by atoms with Gasteiger partial charge in [0.25, 0.3) is 0 Å². The predicted molar refractivity (Wildman–Crippen MR) is 84.5 cm³/mol. The monoisotopic (exact) mass is 331 g/mol. The van der Waals surface area contributed by atoms with Gasteiger partial charge in [0.05, 0.1) is 5.57 Å². The molecule has 1 N–H and O–H groups in total. The van der Waals surface area contributed by atoms with E-state index in [4.69, 9.17) is 4.74 Å². The molecule has 0 amide bonds. The van der Waals surface area contributed by atoms with Crippen LogP contribution < -0.4 is 5.32 Å². The summed E-state index contributed by atoms with van der Waals surface area (Å²) in [6.45, 7) is 7.10. The molecule has 1 aliphatic heterocycles.